The number of hydrogen-bond donors (Lipinski definition) is 1. The number of ether oxygens (including phenoxy) is 1. The number of carbonyl (C=O) groups excluding carboxylic acids is 1. The van der Waals surface area contributed by atoms with Crippen LogP contribution in [0.25, 0.3) is 0 Å². The van der Waals surface area contributed by atoms with Gasteiger partial charge < -0.3 is 10.1 Å². The fraction of sp³-hybridized carbons (Fsp3) is 0.619. The fourth-order valence-corrected chi connectivity index (χ4v) is 4.00. The summed E-state index contributed by atoms with van der Waals surface area (Å²) in [5.74, 6) is -0.162. The van der Waals surface area contributed by atoms with E-state index in [9.17, 15) is 10.1 Å². The van der Waals surface area contributed by atoms with Crippen molar-refractivity contribution in [1.82, 2.24) is 5.32 Å². The second-order valence-corrected chi connectivity index (χ2v) is 8.79. The van der Waals surface area contributed by atoms with E-state index in [0.717, 1.165) is 12.8 Å². The molecule has 134 valence electrons. The number of rotatable bonds is 2. The zero-order valence-corrected chi connectivity index (χ0v) is 15.7. The van der Waals surface area contributed by atoms with Crippen LogP contribution in [-0.4, -0.2) is 24.7 Å². The van der Waals surface area contributed by atoms with Crippen molar-refractivity contribution in [3.8, 4) is 6.07 Å². The molecule has 1 saturated heterocycles. The van der Waals surface area contributed by atoms with Gasteiger partial charge in [0.1, 0.15) is 5.54 Å². The third-order valence-electron chi connectivity index (χ3n) is 6.03. The van der Waals surface area contributed by atoms with Crippen LogP contribution in [0.15, 0.2) is 18.2 Å². The number of nitrogens with zero attached hydrogens (tertiary/aromatic N) is 1. The van der Waals surface area contributed by atoms with Gasteiger partial charge >= 0.3 is 0 Å². The number of fused-ring (bicyclic) bond motifs is 1. The van der Waals surface area contributed by atoms with Crippen LogP contribution < -0.4 is 5.32 Å². The lowest BCUT2D eigenvalue weighted by Crippen LogP contribution is -2.51. The van der Waals surface area contributed by atoms with Crippen molar-refractivity contribution in [3.63, 3.8) is 0 Å². The number of nitriles is 1. The first-order chi connectivity index (χ1) is 11.7. The average molecular weight is 340 g/mol. The van der Waals surface area contributed by atoms with Gasteiger partial charge in [0.05, 0.1) is 6.07 Å². The Labute approximate surface area is 150 Å². The lowest BCUT2D eigenvalue weighted by atomic mass is 9.63. The molecule has 4 heteroatoms. The van der Waals surface area contributed by atoms with Gasteiger partial charge in [-0.05, 0) is 46.9 Å². The molecule has 0 radical (unpaired) electrons. The highest BCUT2D eigenvalue weighted by atomic mass is 16.5. The summed E-state index contributed by atoms with van der Waals surface area (Å²) in [6, 6.07) is 8.35. The molecule has 1 fully saturated rings. The van der Waals surface area contributed by atoms with Gasteiger partial charge in [0, 0.05) is 31.6 Å². The van der Waals surface area contributed by atoms with Crippen molar-refractivity contribution in [1.29, 1.82) is 5.26 Å². The van der Waals surface area contributed by atoms with Crippen molar-refractivity contribution >= 4 is 5.91 Å². The molecular weight excluding hydrogens is 312 g/mol. The van der Waals surface area contributed by atoms with E-state index in [2.05, 4.69) is 45.1 Å². The summed E-state index contributed by atoms with van der Waals surface area (Å²) in [6.45, 7) is 10.1. The van der Waals surface area contributed by atoms with Gasteiger partial charge in [0.25, 0.3) is 5.91 Å². The molecule has 1 amide bonds. The Morgan fingerprint density at radius 1 is 1.04 bits per heavy atom. The van der Waals surface area contributed by atoms with Crippen LogP contribution in [0, 0.1) is 11.3 Å². The van der Waals surface area contributed by atoms with E-state index in [1.807, 2.05) is 12.1 Å². The average Bonchev–Trinajstić information content (AvgIpc) is 2.59. The van der Waals surface area contributed by atoms with Crippen LogP contribution in [0.4, 0.5) is 0 Å². The van der Waals surface area contributed by atoms with Gasteiger partial charge in [-0.25, -0.2) is 0 Å². The number of benzene rings is 1. The van der Waals surface area contributed by atoms with Crippen molar-refractivity contribution in [2.45, 2.75) is 69.7 Å². The Balaban J connectivity index is 1.91. The maximum atomic E-state index is 12.8. The van der Waals surface area contributed by atoms with E-state index < -0.39 is 5.54 Å². The zero-order chi connectivity index (χ0) is 18.3. The molecule has 0 bridgehead atoms. The van der Waals surface area contributed by atoms with E-state index in [4.69, 9.17) is 4.74 Å². The van der Waals surface area contributed by atoms with Gasteiger partial charge in [-0.3, -0.25) is 4.79 Å². The van der Waals surface area contributed by atoms with E-state index in [-0.39, 0.29) is 16.7 Å². The van der Waals surface area contributed by atoms with E-state index >= 15 is 0 Å². The van der Waals surface area contributed by atoms with Gasteiger partial charge in [-0.15, -0.1) is 0 Å². The van der Waals surface area contributed by atoms with Crippen LogP contribution >= 0.6 is 0 Å². The largest absolute Gasteiger partial charge is 0.381 e. The molecule has 1 N–H and O–H groups in total. The number of hydrogen-bond acceptors (Lipinski definition) is 3. The summed E-state index contributed by atoms with van der Waals surface area (Å²) >= 11 is 0. The van der Waals surface area contributed by atoms with Gasteiger partial charge in [0.15, 0.2) is 0 Å². The van der Waals surface area contributed by atoms with Gasteiger partial charge in [-0.1, -0.05) is 33.8 Å². The molecule has 1 aliphatic carbocycles. The lowest BCUT2D eigenvalue weighted by Gasteiger charge is -2.42. The van der Waals surface area contributed by atoms with Crippen LogP contribution in [0.5, 0.6) is 0 Å². The summed E-state index contributed by atoms with van der Waals surface area (Å²) in [5, 5.41) is 12.5. The molecular formula is C21H28N2O2. The normalized spacial score (nSPS) is 23.2. The minimum atomic E-state index is -0.806. The highest BCUT2D eigenvalue weighted by Gasteiger charge is 2.38. The second-order valence-electron chi connectivity index (χ2n) is 8.79. The molecule has 0 saturated carbocycles. The van der Waals surface area contributed by atoms with Crippen LogP contribution in [0.3, 0.4) is 0 Å². The first-order valence-electron chi connectivity index (χ1n) is 9.16. The predicted octanol–water partition coefficient (Wildman–Crippen LogP) is 3.84. The third-order valence-corrected chi connectivity index (χ3v) is 6.03. The molecule has 0 atom stereocenters. The SMILES string of the molecule is CC1(C)CCC(C)(C)c2cc(C(=O)NC3(C#N)CCOCC3)ccc21. The van der Waals surface area contributed by atoms with E-state index in [1.165, 1.54) is 11.1 Å². The predicted molar refractivity (Wildman–Crippen MR) is 97.6 cm³/mol. The van der Waals surface area contributed by atoms with Crippen molar-refractivity contribution in [2.24, 2.45) is 0 Å². The highest BCUT2D eigenvalue weighted by molar-refractivity contribution is 5.95. The zero-order valence-electron chi connectivity index (χ0n) is 15.7. The number of amides is 1. The fourth-order valence-electron chi connectivity index (χ4n) is 4.00. The van der Waals surface area contributed by atoms with E-state index in [1.54, 1.807) is 0 Å². The molecule has 1 heterocycles. The number of nitrogens with one attached hydrogen (secondary N) is 1. The van der Waals surface area contributed by atoms with Crippen molar-refractivity contribution < 1.29 is 9.53 Å². The van der Waals surface area contributed by atoms with Crippen LogP contribution in [0.2, 0.25) is 0 Å². The maximum Gasteiger partial charge on any atom is 0.252 e. The lowest BCUT2D eigenvalue weighted by molar-refractivity contribution is 0.0531. The van der Waals surface area contributed by atoms with Gasteiger partial charge in [0.2, 0.25) is 0 Å². The Bertz CT molecular complexity index is 722. The minimum Gasteiger partial charge on any atom is -0.381 e. The first kappa shape index (κ1) is 17.9. The van der Waals surface area contributed by atoms with E-state index in [0.29, 0.717) is 31.6 Å². The first-order valence-corrected chi connectivity index (χ1v) is 9.16. The Hall–Kier alpha value is -1.86. The highest BCUT2D eigenvalue weighted by Crippen LogP contribution is 2.45. The standard InChI is InChI=1S/C21H28N2O2/c1-19(2)7-8-20(3,4)17-13-15(5-6-16(17)19)18(24)23-21(14-22)9-11-25-12-10-21/h5-6,13H,7-12H2,1-4H3,(H,23,24). The topological polar surface area (TPSA) is 62.1 Å². The summed E-state index contributed by atoms with van der Waals surface area (Å²) in [7, 11) is 0. The molecule has 1 aliphatic heterocycles. The molecule has 0 spiro atoms. The molecule has 25 heavy (non-hydrogen) atoms. The molecule has 0 aromatic heterocycles. The monoisotopic (exact) mass is 340 g/mol. The number of carbonyl (C=O) groups is 1. The molecule has 1 aromatic carbocycles. The quantitative estimate of drug-likeness (QED) is 0.890. The van der Waals surface area contributed by atoms with Crippen molar-refractivity contribution in [3.05, 3.63) is 34.9 Å². The molecule has 4 nitrogen and oxygen atoms in total. The van der Waals surface area contributed by atoms with Crippen LogP contribution in [-0.2, 0) is 15.6 Å². The Morgan fingerprint density at radius 2 is 1.64 bits per heavy atom. The maximum absolute atomic E-state index is 12.8. The third kappa shape index (κ3) is 3.30. The molecule has 0 unspecified atom stereocenters. The summed E-state index contributed by atoms with van der Waals surface area (Å²) in [6.07, 6.45) is 3.34. The molecule has 2 aliphatic rings. The Morgan fingerprint density at radius 3 is 2.24 bits per heavy atom. The summed E-state index contributed by atoms with van der Waals surface area (Å²) in [5.41, 5.74) is 2.63. The second kappa shape index (κ2) is 6.14. The minimum absolute atomic E-state index is 0.0622. The molecule has 1 aromatic rings. The summed E-state index contributed by atoms with van der Waals surface area (Å²) in [4.78, 5) is 12.8. The van der Waals surface area contributed by atoms with Crippen molar-refractivity contribution in [2.75, 3.05) is 13.2 Å². The summed E-state index contributed by atoms with van der Waals surface area (Å²) < 4.78 is 5.34. The smallest absolute Gasteiger partial charge is 0.252 e. The molecule has 3 rings (SSSR count). The van der Waals surface area contributed by atoms with Crippen LogP contribution in [0.1, 0.15) is 74.9 Å². The Kier molecular flexibility index (Phi) is 4.41. The van der Waals surface area contributed by atoms with Gasteiger partial charge in [-0.2, -0.15) is 5.26 Å².